The van der Waals surface area contributed by atoms with Gasteiger partial charge in [0.2, 0.25) is 41.4 Å². The number of carbonyl (C=O) groups excluding carboxylic acids is 9. The summed E-state index contributed by atoms with van der Waals surface area (Å²) in [7, 11) is 0. The van der Waals surface area contributed by atoms with Crippen LogP contribution in [0.15, 0.2) is 77.2 Å². The molecule has 420 valence electrons. The monoisotopic (exact) mass is 1100 g/mol. The van der Waals surface area contributed by atoms with Crippen LogP contribution in [0.5, 0.6) is 0 Å². The van der Waals surface area contributed by atoms with Crippen molar-refractivity contribution in [1.82, 2.24) is 46.9 Å². The van der Waals surface area contributed by atoms with Crippen LogP contribution in [-0.4, -0.2) is 130 Å². The fourth-order valence-electron chi connectivity index (χ4n) is 9.09. The predicted molar refractivity (Wildman–Crippen MR) is 291 cm³/mol. The lowest BCUT2D eigenvalue weighted by molar-refractivity contribution is -0.135. The minimum absolute atomic E-state index is 0.0217. The van der Waals surface area contributed by atoms with E-state index in [0.29, 0.717) is 21.8 Å². The van der Waals surface area contributed by atoms with Crippen molar-refractivity contribution >= 4 is 87.3 Å². The zero-order valence-electron chi connectivity index (χ0n) is 43.5. The number of carbonyl (C=O) groups is 9. The van der Waals surface area contributed by atoms with Gasteiger partial charge in [-0.2, -0.15) is 0 Å². The molecule has 0 saturated carbocycles. The number of halogens is 1. The number of aromatic nitrogens is 3. The first-order valence-electron chi connectivity index (χ1n) is 25.7. The molecule has 3 heterocycles. The summed E-state index contributed by atoms with van der Waals surface area (Å²) in [5.74, 6) is -8.68. The molecule has 26 heteroatoms. The lowest BCUT2D eigenvalue weighted by Gasteiger charge is -2.27. The van der Waals surface area contributed by atoms with Crippen molar-refractivity contribution in [2.45, 2.75) is 121 Å². The Hall–Kier alpha value is -8.35. The topological polar surface area (TPSA) is 425 Å². The summed E-state index contributed by atoms with van der Waals surface area (Å²) in [5.41, 5.74) is 30.4. The van der Waals surface area contributed by atoms with Gasteiger partial charge in [0, 0.05) is 98.1 Å². The van der Waals surface area contributed by atoms with E-state index in [1.807, 2.05) is 24.3 Å². The largest absolute Gasteiger partial charge is 0.370 e. The number of guanidine groups is 2. The number of primary amides is 1. The Labute approximate surface area is 455 Å². The second kappa shape index (κ2) is 30.4. The predicted octanol–water partition coefficient (Wildman–Crippen LogP) is -0.550. The van der Waals surface area contributed by atoms with E-state index in [1.54, 1.807) is 30.5 Å². The van der Waals surface area contributed by atoms with Crippen LogP contribution in [0.25, 0.3) is 10.9 Å². The molecular formula is C52H71ClN16O9. The third-order valence-electron chi connectivity index (χ3n) is 13.1. The fourth-order valence-corrected chi connectivity index (χ4v) is 9.30. The maximum Gasteiger partial charge on any atom is 0.243 e. The third kappa shape index (κ3) is 20.0. The van der Waals surface area contributed by atoms with Crippen molar-refractivity contribution in [3.05, 3.63) is 89.1 Å². The average Bonchev–Trinajstić information content (AvgIpc) is 4.07. The van der Waals surface area contributed by atoms with Crippen molar-refractivity contribution in [3.8, 4) is 0 Å². The van der Waals surface area contributed by atoms with E-state index in [9.17, 15) is 43.2 Å². The van der Waals surface area contributed by atoms with E-state index >= 15 is 0 Å². The zero-order valence-corrected chi connectivity index (χ0v) is 44.2. The number of fused-ring (bicyclic) bond motifs is 1. The van der Waals surface area contributed by atoms with Gasteiger partial charge in [0.25, 0.3) is 0 Å². The van der Waals surface area contributed by atoms with Crippen LogP contribution in [0.4, 0.5) is 0 Å². The number of para-hydroxylation sites is 1. The molecule has 2 aromatic carbocycles. The van der Waals surface area contributed by atoms with Crippen LogP contribution in [0, 0.1) is 11.8 Å². The highest BCUT2D eigenvalue weighted by molar-refractivity contribution is 6.30. The first-order valence-corrected chi connectivity index (χ1v) is 26.1. The Kier molecular flexibility index (Phi) is 23.6. The lowest BCUT2D eigenvalue weighted by atomic mass is 9.83. The normalized spacial score (nSPS) is 20.9. The molecule has 4 aromatic rings. The van der Waals surface area contributed by atoms with E-state index in [4.69, 9.17) is 40.3 Å². The number of nitrogens with one attached hydrogen (secondary N) is 8. The molecule has 0 bridgehead atoms. The molecule has 0 spiro atoms. The van der Waals surface area contributed by atoms with Gasteiger partial charge in [0.15, 0.2) is 17.7 Å². The number of Topliss-reactive ketones (excluding diaryl/α,β-unsaturated/α-hetero) is 2. The zero-order chi connectivity index (χ0) is 56.7. The number of nitrogens with two attached hydrogens (primary N) is 5. The fraction of sp³-hybridized carbons (Fsp3) is 0.462. The quantitative estimate of drug-likeness (QED) is 0.0338. The van der Waals surface area contributed by atoms with Crippen molar-refractivity contribution in [2.75, 3.05) is 19.6 Å². The molecule has 1 aliphatic heterocycles. The number of amides is 7. The van der Waals surface area contributed by atoms with Gasteiger partial charge >= 0.3 is 0 Å². The summed E-state index contributed by atoms with van der Waals surface area (Å²) in [6.07, 6.45) is 3.56. The Balaban J connectivity index is 1.56. The number of aromatic amines is 2. The van der Waals surface area contributed by atoms with Crippen LogP contribution in [0.2, 0.25) is 5.02 Å². The van der Waals surface area contributed by atoms with Crippen molar-refractivity contribution in [3.63, 3.8) is 0 Å². The Morgan fingerprint density at radius 3 is 2.19 bits per heavy atom. The number of ketones is 2. The van der Waals surface area contributed by atoms with Gasteiger partial charge in [-0.25, -0.2) is 4.98 Å². The second-order valence-electron chi connectivity index (χ2n) is 19.2. The Morgan fingerprint density at radius 2 is 1.50 bits per heavy atom. The summed E-state index contributed by atoms with van der Waals surface area (Å²) in [6, 6.07) is 7.39. The van der Waals surface area contributed by atoms with Crippen LogP contribution in [-0.2, 0) is 62.4 Å². The molecule has 7 atom stereocenters. The number of benzene rings is 2. The summed E-state index contributed by atoms with van der Waals surface area (Å²) < 4.78 is 0. The molecule has 18 N–H and O–H groups in total. The van der Waals surface area contributed by atoms with Crippen LogP contribution < -0.4 is 60.6 Å². The SMILES string of the molecule is CC(=O)N[C@H](CCCN=C(N)N)C(=O)N[C@H]1CCCNC(=O)CC[C@@H](C(N)=O)NC(=O)[C@H](Cc2c[nH]c3ccccc23)CC(=O)[C@H](CCCN=C(N)N)CC(=O)[C@@H](Cc2cccc(Cl)c2)NC(=O)[C@H](Cc2cnc[nH]2)NC1=O. The summed E-state index contributed by atoms with van der Waals surface area (Å²) in [5, 5.41) is 17.4. The number of nitrogens with zero attached hydrogens (tertiary/aromatic N) is 3. The molecule has 25 nitrogen and oxygen atoms in total. The first kappa shape index (κ1) is 60.5. The minimum atomic E-state index is -1.42. The number of H-pyrrole nitrogens is 2. The molecule has 78 heavy (non-hydrogen) atoms. The number of rotatable bonds is 18. The highest BCUT2D eigenvalue weighted by atomic mass is 35.5. The molecule has 1 aliphatic rings. The first-order chi connectivity index (χ1) is 37.3. The Morgan fingerprint density at radius 1 is 0.782 bits per heavy atom. The molecule has 0 aliphatic carbocycles. The van der Waals surface area contributed by atoms with E-state index in [1.165, 1.54) is 19.4 Å². The van der Waals surface area contributed by atoms with Gasteiger partial charge in [0.1, 0.15) is 30.0 Å². The number of hydrogen-bond donors (Lipinski definition) is 13. The van der Waals surface area contributed by atoms with Gasteiger partial charge in [-0.1, -0.05) is 41.9 Å². The molecule has 1 saturated heterocycles. The lowest BCUT2D eigenvalue weighted by Crippen LogP contribution is -2.58. The van der Waals surface area contributed by atoms with Gasteiger partial charge in [-0.05, 0) is 87.1 Å². The van der Waals surface area contributed by atoms with Crippen molar-refractivity contribution in [1.29, 1.82) is 0 Å². The summed E-state index contributed by atoms with van der Waals surface area (Å²) >= 11 is 6.40. The molecule has 2 aromatic heterocycles. The van der Waals surface area contributed by atoms with Crippen LogP contribution in [0.1, 0.15) is 88.0 Å². The second-order valence-corrected chi connectivity index (χ2v) is 19.7. The molecular weight excluding hydrogens is 1030 g/mol. The highest BCUT2D eigenvalue weighted by Gasteiger charge is 2.35. The van der Waals surface area contributed by atoms with Crippen LogP contribution >= 0.6 is 11.6 Å². The van der Waals surface area contributed by atoms with E-state index in [-0.39, 0.29) is 102 Å². The standard InChI is InChI=1S/C52H71ClN16O9/c1-29(70)65-39(13-7-19-62-52(57)58)48(76)67-40-14-6-17-60-45(73)16-15-38(46(54)74)66-47(75)32(22-33-26-63-37-12-3-2-11-36(33)37)24-43(71)31(9-5-18-61-51(55)56)23-44(72)41(21-30-8-4-10-34(53)20-30)68-50(78)42(69-49(40)77)25-35-27-59-28-64-35/h2-4,8,10-12,20,26-28,31-32,38-42,63H,5-7,9,13-19,21-25H2,1H3,(H2,54,74)(H,59,64)(H,60,73)(H,65,70)(H,66,75)(H,67,76)(H,68,78)(H,69,77)(H4,55,56,61)(H4,57,58,62)/t31-,32-,38+,39-,40+,41-,42+/m1/s1. The number of aliphatic imine (C=N–C) groups is 2. The average molecular weight is 1100 g/mol. The minimum Gasteiger partial charge on any atom is -0.370 e. The smallest absolute Gasteiger partial charge is 0.243 e. The van der Waals surface area contributed by atoms with Crippen molar-refractivity contribution in [2.24, 2.45) is 50.5 Å². The maximum absolute atomic E-state index is 14.9. The van der Waals surface area contributed by atoms with E-state index < -0.39 is 108 Å². The maximum atomic E-state index is 14.9. The molecule has 7 amide bonds. The van der Waals surface area contributed by atoms with Gasteiger partial charge < -0.3 is 70.5 Å². The molecule has 0 unspecified atom stereocenters. The molecule has 1 fully saturated rings. The van der Waals surface area contributed by atoms with E-state index in [2.05, 4.69) is 56.8 Å². The van der Waals surface area contributed by atoms with Gasteiger partial charge in [0.05, 0.1) is 12.4 Å². The Bertz CT molecular complexity index is 2790. The summed E-state index contributed by atoms with van der Waals surface area (Å²) in [4.78, 5) is 144. The van der Waals surface area contributed by atoms with Crippen molar-refractivity contribution < 1.29 is 43.2 Å². The number of hydrogen-bond acceptors (Lipinski definition) is 12. The molecule has 5 rings (SSSR count). The molecule has 0 radical (unpaired) electrons. The summed E-state index contributed by atoms with van der Waals surface area (Å²) in [6.45, 7) is 1.42. The third-order valence-corrected chi connectivity index (χ3v) is 13.3. The van der Waals surface area contributed by atoms with Gasteiger partial charge in [-0.3, -0.25) is 53.1 Å². The van der Waals surface area contributed by atoms with E-state index in [0.717, 1.165) is 10.9 Å². The van der Waals surface area contributed by atoms with Crippen LogP contribution in [0.3, 0.4) is 0 Å². The number of imidazole rings is 1. The van der Waals surface area contributed by atoms with Gasteiger partial charge in [-0.15, -0.1) is 0 Å². The highest BCUT2D eigenvalue weighted by Crippen LogP contribution is 2.26.